The lowest BCUT2D eigenvalue weighted by atomic mass is 10.0. The van der Waals surface area contributed by atoms with Crippen LogP contribution < -0.4 is 0 Å². The van der Waals surface area contributed by atoms with Crippen molar-refractivity contribution < 1.29 is 0 Å². The molecule has 3 nitrogen and oxygen atoms in total. The number of hydrogen-bond acceptors (Lipinski definition) is 3. The van der Waals surface area contributed by atoms with Crippen LogP contribution in [0, 0.1) is 18.5 Å². The standard InChI is InChI=1S/C14H17N3S/c1-8(2)12-10(4)16-13(17-14(12)18)11-7-5-6-9(3)15-11/h5-8H,1-4H3,(H,16,17,18). The number of aryl methyl sites for hydroxylation is 2. The molecule has 4 heteroatoms. The van der Waals surface area contributed by atoms with Gasteiger partial charge in [0.05, 0.1) is 0 Å². The Bertz CT molecular complexity index is 629. The minimum absolute atomic E-state index is 0.376. The summed E-state index contributed by atoms with van der Waals surface area (Å²) in [4.78, 5) is 12.2. The van der Waals surface area contributed by atoms with Gasteiger partial charge in [-0.05, 0) is 31.9 Å². The molecule has 0 spiro atoms. The molecule has 0 radical (unpaired) electrons. The van der Waals surface area contributed by atoms with E-state index in [9.17, 15) is 0 Å². The zero-order chi connectivity index (χ0) is 13.3. The molecule has 1 N–H and O–H groups in total. The van der Waals surface area contributed by atoms with Gasteiger partial charge >= 0.3 is 0 Å². The summed E-state index contributed by atoms with van der Waals surface area (Å²) in [5.41, 5.74) is 3.99. The van der Waals surface area contributed by atoms with Crippen LogP contribution in [0.15, 0.2) is 18.2 Å². The van der Waals surface area contributed by atoms with Gasteiger partial charge in [-0.25, -0.2) is 9.97 Å². The van der Waals surface area contributed by atoms with E-state index >= 15 is 0 Å². The summed E-state index contributed by atoms with van der Waals surface area (Å²) in [6, 6.07) is 5.88. The Labute approximate surface area is 112 Å². The van der Waals surface area contributed by atoms with E-state index in [1.165, 1.54) is 0 Å². The molecule has 0 amide bonds. The molecule has 2 heterocycles. The fourth-order valence-electron chi connectivity index (χ4n) is 2.07. The Kier molecular flexibility index (Phi) is 3.57. The molecule has 2 rings (SSSR count). The van der Waals surface area contributed by atoms with Crippen molar-refractivity contribution in [3.8, 4) is 11.5 Å². The molecule has 0 saturated heterocycles. The van der Waals surface area contributed by atoms with Gasteiger partial charge in [0.2, 0.25) is 0 Å². The summed E-state index contributed by atoms with van der Waals surface area (Å²) in [5, 5.41) is 0. The van der Waals surface area contributed by atoms with E-state index in [1.54, 1.807) is 0 Å². The van der Waals surface area contributed by atoms with Crippen LogP contribution in [-0.2, 0) is 0 Å². The van der Waals surface area contributed by atoms with Gasteiger partial charge in [-0.3, -0.25) is 0 Å². The van der Waals surface area contributed by atoms with Crippen LogP contribution in [0.25, 0.3) is 11.5 Å². The van der Waals surface area contributed by atoms with Crippen LogP contribution >= 0.6 is 12.2 Å². The molecule has 0 bridgehead atoms. The number of nitrogens with zero attached hydrogens (tertiary/aromatic N) is 2. The monoisotopic (exact) mass is 259 g/mol. The third-order valence-electron chi connectivity index (χ3n) is 2.86. The maximum absolute atomic E-state index is 5.38. The van der Waals surface area contributed by atoms with Gasteiger partial charge in [-0.2, -0.15) is 0 Å². The predicted molar refractivity (Wildman–Crippen MR) is 76.2 cm³/mol. The quantitative estimate of drug-likeness (QED) is 0.830. The normalized spacial score (nSPS) is 10.9. The van der Waals surface area contributed by atoms with Crippen molar-refractivity contribution in [3.05, 3.63) is 39.8 Å². The second-order valence-electron chi connectivity index (χ2n) is 4.75. The molecule has 2 aromatic heterocycles. The van der Waals surface area contributed by atoms with E-state index in [0.717, 1.165) is 28.5 Å². The van der Waals surface area contributed by atoms with E-state index in [4.69, 9.17) is 12.2 Å². The molecule has 0 aromatic carbocycles. The molecule has 18 heavy (non-hydrogen) atoms. The van der Waals surface area contributed by atoms with Gasteiger partial charge in [0.1, 0.15) is 10.3 Å². The number of aromatic nitrogens is 3. The lowest BCUT2D eigenvalue weighted by Crippen LogP contribution is -2.02. The zero-order valence-electron chi connectivity index (χ0n) is 11.1. The van der Waals surface area contributed by atoms with Crippen LogP contribution in [0.4, 0.5) is 0 Å². The highest BCUT2D eigenvalue weighted by molar-refractivity contribution is 7.71. The van der Waals surface area contributed by atoms with E-state index < -0.39 is 0 Å². The van der Waals surface area contributed by atoms with Gasteiger partial charge in [-0.15, -0.1) is 0 Å². The highest BCUT2D eigenvalue weighted by Crippen LogP contribution is 2.21. The van der Waals surface area contributed by atoms with Crippen molar-refractivity contribution in [1.82, 2.24) is 15.0 Å². The predicted octanol–water partition coefficient (Wildman–Crippen LogP) is 3.94. The number of rotatable bonds is 2. The van der Waals surface area contributed by atoms with E-state index in [2.05, 4.69) is 28.8 Å². The average molecular weight is 259 g/mol. The molecule has 0 unspecified atom stereocenters. The lowest BCUT2D eigenvalue weighted by molar-refractivity contribution is 0.824. The highest BCUT2D eigenvalue weighted by atomic mass is 32.1. The zero-order valence-corrected chi connectivity index (χ0v) is 11.9. The molecule has 2 aromatic rings. The summed E-state index contributed by atoms with van der Waals surface area (Å²) in [6.45, 7) is 8.25. The summed E-state index contributed by atoms with van der Waals surface area (Å²) < 4.78 is 0.666. The Morgan fingerprint density at radius 2 is 1.89 bits per heavy atom. The number of pyridine rings is 1. The summed E-state index contributed by atoms with van der Waals surface area (Å²) in [5.74, 6) is 1.12. The van der Waals surface area contributed by atoms with E-state index in [0.29, 0.717) is 10.6 Å². The van der Waals surface area contributed by atoms with Crippen LogP contribution in [0.2, 0.25) is 0 Å². The van der Waals surface area contributed by atoms with Crippen LogP contribution in [0.1, 0.15) is 36.7 Å². The average Bonchev–Trinajstić information content (AvgIpc) is 2.27. The summed E-state index contributed by atoms with van der Waals surface area (Å²) in [7, 11) is 0. The van der Waals surface area contributed by atoms with Gasteiger partial charge in [0.25, 0.3) is 0 Å². The molecular weight excluding hydrogens is 242 g/mol. The second-order valence-corrected chi connectivity index (χ2v) is 5.13. The second kappa shape index (κ2) is 4.98. The summed E-state index contributed by atoms with van der Waals surface area (Å²) >= 11 is 5.38. The maximum atomic E-state index is 5.38. The largest absolute Gasteiger partial charge is 0.342 e. The van der Waals surface area contributed by atoms with Crippen LogP contribution in [0.5, 0.6) is 0 Å². The Morgan fingerprint density at radius 3 is 2.44 bits per heavy atom. The van der Waals surface area contributed by atoms with Crippen molar-refractivity contribution in [2.75, 3.05) is 0 Å². The van der Waals surface area contributed by atoms with Gasteiger partial charge in [0, 0.05) is 17.0 Å². The first kappa shape index (κ1) is 12.9. The van der Waals surface area contributed by atoms with Crippen molar-refractivity contribution in [2.24, 2.45) is 0 Å². The first-order chi connectivity index (χ1) is 8.49. The Morgan fingerprint density at radius 1 is 1.17 bits per heavy atom. The van der Waals surface area contributed by atoms with Crippen LogP contribution in [-0.4, -0.2) is 15.0 Å². The highest BCUT2D eigenvalue weighted by Gasteiger charge is 2.10. The molecular formula is C14H17N3S. The molecule has 0 aliphatic rings. The first-order valence-corrected chi connectivity index (χ1v) is 6.44. The Hall–Kier alpha value is -1.55. The molecule has 94 valence electrons. The molecule has 0 aliphatic heterocycles. The first-order valence-electron chi connectivity index (χ1n) is 6.04. The van der Waals surface area contributed by atoms with E-state index in [-0.39, 0.29) is 0 Å². The number of H-pyrrole nitrogens is 1. The van der Waals surface area contributed by atoms with Crippen molar-refractivity contribution in [2.45, 2.75) is 33.6 Å². The minimum atomic E-state index is 0.376. The minimum Gasteiger partial charge on any atom is -0.342 e. The number of nitrogens with one attached hydrogen (secondary N) is 1. The van der Waals surface area contributed by atoms with E-state index in [1.807, 2.05) is 32.0 Å². The fraction of sp³-hybridized carbons (Fsp3) is 0.357. The van der Waals surface area contributed by atoms with Gasteiger partial charge < -0.3 is 4.98 Å². The smallest absolute Gasteiger partial charge is 0.157 e. The van der Waals surface area contributed by atoms with Crippen molar-refractivity contribution in [3.63, 3.8) is 0 Å². The third-order valence-corrected chi connectivity index (χ3v) is 3.17. The Balaban J connectivity index is 2.59. The fourth-order valence-corrected chi connectivity index (χ4v) is 2.55. The molecule has 0 fully saturated rings. The molecule has 0 atom stereocenters. The van der Waals surface area contributed by atoms with Gasteiger partial charge in [0.15, 0.2) is 5.82 Å². The SMILES string of the molecule is Cc1cccc(-c2nc(=S)c(C(C)C)c(C)[nH]2)n1. The topological polar surface area (TPSA) is 41.6 Å². The lowest BCUT2D eigenvalue weighted by Gasteiger charge is -2.11. The number of aromatic amines is 1. The third kappa shape index (κ3) is 2.48. The number of hydrogen-bond donors (Lipinski definition) is 1. The summed E-state index contributed by atoms with van der Waals surface area (Å²) in [6.07, 6.45) is 0. The van der Waals surface area contributed by atoms with Crippen LogP contribution in [0.3, 0.4) is 0 Å². The molecule has 0 saturated carbocycles. The van der Waals surface area contributed by atoms with Gasteiger partial charge in [-0.1, -0.05) is 32.1 Å². The molecule has 0 aliphatic carbocycles. The van der Waals surface area contributed by atoms with Crippen molar-refractivity contribution in [1.29, 1.82) is 0 Å². The maximum Gasteiger partial charge on any atom is 0.157 e. The van der Waals surface area contributed by atoms with Crippen molar-refractivity contribution >= 4 is 12.2 Å².